The molecule has 3 aromatic rings. The van der Waals surface area contributed by atoms with Crippen LogP contribution in [0.1, 0.15) is 11.1 Å². The summed E-state index contributed by atoms with van der Waals surface area (Å²) >= 11 is 1.63. The van der Waals surface area contributed by atoms with E-state index in [9.17, 15) is 5.26 Å². The molecule has 2 N–H and O–H groups in total. The van der Waals surface area contributed by atoms with Gasteiger partial charge in [-0.1, -0.05) is 0 Å². The van der Waals surface area contributed by atoms with Crippen molar-refractivity contribution in [3.63, 3.8) is 0 Å². The molecule has 24 heavy (non-hydrogen) atoms. The van der Waals surface area contributed by atoms with Crippen molar-refractivity contribution in [3.05, 3.63) is 47.1 Å². The Morgan fingerprint density at radius 3 is 2.79 bits per heavy atom. The van der Waals surface area contributed by atoms with Gasteiger partial charge in [-0.25, -0.2) is 4.98 Å². The van der Waals surface area contributed by atoms with Crippen LogP contribution in [0.4, 0.5) is 5.82 Å². The average Bonchev–Trinajstić information content (AvgIpc) is 3.15. The van der Waals surface area contributed by atoms with Crippen LogP contribution in [0.5, 0.6) is 0 Å². The third-order valence-corrected chi connectivity index (χ3v) is 4.72. The highest BCUT2D eigenvalue weighted by atomic mass is 32.1. The van der Waals surface area contributed by atoms with E-state index in [0.29, 0.717) is 5.56 Å². The van der Waals surface area contributed by atoms with E-state index in [0.717, 1.165) is 28.2 Å². The average molecular weight is 337 g/mol. The molecule has 0 aliphatic rings. The number of thiophene rings is 1. The van der Waals surface area contributed by atoms with Crippen LogP contribution in [0, 0.1) is 11.3 Å². The largest absolute Gasteiger partial charge is 0.383 e. The molecule has 3 heterocycles. The van der Waals surface area contributed by atoms with E-state index in [1.54, 1.807) is 11.3 Å². The highest BCUT2D eigenvalue weighted by Gasteiger charge is 2.15. The van der Waals surface area contributed by atoms with Gasteiger partial charge in [0.05, 0.1) is 5.69 Å². The summed E-state index contributed by atoms with van der Waals surface area (Å²) in [7, 11) is 6.04. The second-order valence-corrected chi connectivity index (χ2v) is 6.96. The van der Waals surface area contributed by atoms with Crippen molar-refractivity contribution in [1.29, 1.82) is 5.26 Å². The lowest BCUT2D eigenvalue weighted by Gasteiger charge is -2.08. The molecule has 0 unspecified atom stereocenters. The van der Waals surface area contributed by atoms with Crippen LogP contribution in [0.15, 0.2) is 36.0 Å². The molecule has 3 aromatic heterocycles. The van der Waals surface area contributed by atoms with Crippen LogP contribution in [-0.2, 0) is 13.6 Å². The predicted molar refractivity (Wildman–Crippen MR) is 98.5 cm³/mol. The normalized spacial score (nSPS) is 11.0. The van der Waals surface area contributed by atoms with Gasteiger partial charge in [-0.15, -0.1) is 11.3 Å². The molecule has 0 fully saturated rings. The fraction of sp³-hybridized carbons (Fsp3) is 0.222. The van der Waals surface area contributed by atoms with E-state index in [1.807, 2.05) is 50.2 Å². The van der Waals surface area contributed by atoms with Crippen LogP contribution in [0.2, 0.25) is 0 Å². The molecule has 6 heteroatoms. The summed E-state index contributed by atoms with van der Waals surface area (Å²) in [5.41, 5.74) is 10.3. The Bertz CT molecular complexity index is 914. The third kappa shape index (κ3) is 3.18. The molecule has 0 aromatic carbocycles. The molecule has 0 amide bonds. The lowest BCUT2D eigenvalue weighted by Crippen LogP contribution is -2.09. The van der Waals surface area contributed by atoms with Gasteiger partial charge in [-0.3, -0.25) is 0 Å². The molecule has 0 radical (unpaired) electrons. The lowest BCUT2D eigenvalue weighted by atomic mass is 10.0. The summed E-state index contributed by atoms with van der Waals surface area (Å²) in [5.74, 6) is 0.274. The number of hydrogen-bond donors (Lipinski definition) is 1. The highest BCUT2D eigenvalue weighted by molar-refractivity contribution is 7.13. The molecule has 0 aliphatic heterocycles. The summed E-state index contributed by atoms with van der Waals surface area (Å²) in [6.07, 6.45) is 3.95. The molecular formula is C18H19N5S. The number of nitrogens with zero attached hydrogens (tertiary/aromatic N) is 4. The van der Waals surface area contributed by atoms with Crippen molar-refractivity contribution in [3.8, 4) is 27.8 Å². The zero-order valence-corrected chi connectivity index (χ0v) is 14.8. The van der Waals surface area contributed by atoms with Crippen LogP contribution in [0.25, 0.3) is 21.7 Å². The van der Waals surface area contributed by atoms with Gasteiger partial charge < -0.3 is 15.2 Å². The van der Waals surface area contributed by atoms with Crippen LogP contribution < -0.4 is 5.73 Å². The Labute approximate surface area is 145 Å². The molecule has 0 saturated carbocycles. The first-order chi connectivity index (χ1) is 11.5. The van der Waals surface area contributed by atoms with Crippen molar-refractivity contribution < 1.29 is 0 Å². The third-order valence-electron chi connectivity index (χ3n) is 3.70. The minimum absolute atomic E-state index is 0.274. The molecular weight excluding hydrogens is 318 g/mol. The van der Waals surface area contributed by atoms with E-state index in [1.165, 1.54) is 5.56 Å². The highest BCUT2D eigenvalue weighted by Crippen LogP contribution is 2.35. The number of pyridine rings is 1. The van der Waals surface area contributed by atoms with Crippen molar-refractivity contribution >= 4 is 17.2 Å². The molecule has 0 bridgehead atoms. The second-order valence-electron chi connectivity index (χ2n) is 6.05. The topological polar surface area (TPSA) is 70.9 Å². The Hall–Kier alpha value is -2.62. The molecule has 0 atom stereocenters. The van der Waals surface area contributed by atoms with Gasteiger partial charge in [0.25, 0.3) is 0 Å². The number of nitrogen functional groups attached to an aromatic ring is 1. The first-order valence-electron chi connectivity index (χ1n) is 7.53. The number of anilines is 1. The lowest BCUT2D eigenvalue weighted by molar-refractivity contribution is 0.403. The monoisotopic (exact) mass is 337 g/mol. The van der Waals surface area contributed by atoms with Gasteiger partial charge in [0, 0.05) is 42.0 Å². The number of aryl methyl sites for hydroxylation is 1. The minimum Gasteiger partial charge on any atom is -0.383 e. The standard InChI is InChI=1S/C18H19N5S/c1-22(2)9-12-6-17(24-11-12)14-7-16(13-4-5-23(3)10-13)21-18(20)15(14)8-19/h4-7,10-11H,9H2,1-3H3,(H2,20,21). The number of nitrogens with two attached hydrogens (primary N) is 1. The van der Waals surface area contributed by atoms with Crippen molar-refractivity contribution in [2.75, 3.05) is 19.8 Å². The van der Waals surface area contributed by atoms with Crippen molar-refractivity contribution in [1.82, 2.24) is 14.5 Å². The fourth-order valence-corrected chi connectivity index (χ4v) is 3.57. The zero-order chi connectivity index (χ0) is 17.3. The summed E-state index contributed by atoms with van der Waals surface area (Å²) in [6, 6.07) is 8.26. The number of aromatic nitrogens is 2. The molecule has 122 valence electrons. The Kier molecular flexibility index (Phi) is 4.38. The van der Waals surface area contributed by atoms with E-state index in [2.05, 4.69) is 27.4 Å². The van der Waals surface area contributed by atoms with Crippen molar-refractivity contribution in [2.24, 2.45) is 7.05 Å². The molecule has 0 spiro atoms. The maximum atomic E-state index is 9.50. The van der Waals surface area contributed by atoms with Crippen molar-refractivity contribution in [2.45, 2.75) is 6.54 Å². The first kappa shape index (κ1) is 16.2. The summed E-state index contributed by atoms with van der Waals surface area (Å²) < 4.78 is 1.96. The van der Waals surface area contributed by atoms with Gasteiger partial charge in [-0.05, 0) is 43.2 Å². The first-order valence-corrected chi connectivity index (χ1v) is 8.41. The van der Waals surface area contributed by atoms with Crippen LogP contribution in [0.3, 0.4) is 0 Å². The quantitative estimate of drug-likeness (QED) is 0.793. The van der Waals surface area contributed by atoms with E-state index in [4.69, 9.17) is 5.73 Å². The Balaban J connectivity index is 2.10. The maximum absolute atomic E-state index is 9.50. The summed E-state index contributed by atoms with van der Waals surface area (Å²) in [4.78, 5) is 7.56. The van der Waals surface area contributed by atoms with Gasteiger partial charge in [0.15, 0.2) is 0 Å². The van der Waals surface area contributed by atoms with Gasteiger partial charge >= 0.3 is 0 Å². The summed E-state index contributed by atoms with van der Waals surface area (Å²) in [6.45, 7) is 0.866. The van der Waals surface area contributed by atoms with Crippen LogP contribution >= 0.6 is 11.3 Å². The Morgan fingerprint density at radius 2 is 2.17 bits per heavy atom. The number of rotatable bonds is 4. The second kappa shape index (κ2) is 6.48. The predicted octanol–water partition coefficient (Wildman–Crippen LogP) is 3.33. The van der Waals surface area contributed by atoms with E-state index < -0.39 is 0 Å². The fourth-order valence-electron chi connectivity index (χ4n) is 2.64. The molecule has 0 aliphatic carbocycles. The maximum Gasteiger partial charge on any atom is 0.142 e. The van der Waals surface area contributed by atoms with Gasteiger partial charge in [0.2, 0.25) is 0 Å². The smallest absolute Gasteiger partial charge is 0.142 e. The number of hydrogen-bond acceptors (Lipinski definition) is 5. The molecule has 5 nitrogen and oxygen atoms in total. The zero-order valence-electron chi connectivity index (χ0n) is 13.9. The van der Waals surface area contributed by atoms with Gasteiger partial charge in [-0.2, -0.15) is 5.26 Å². The van der Waals surface area contributed by atoms with E-state index >= 15 is 0 Å². The molecule has 3 rings (SSSR count). The SMILES string of the molecule is CN(C)Cc1csc(-c2cc(-c3ccn(C)c3)nc(N)c2C#N)c1. The van der Waals surface area contributed by atoms with E-state index in [-0.39, 0.29) is 5.82 Å². The summed E-state index contributed by atoms with van der Waals surface area (Å²) in [5, 5.41) is 11.6. The van der Waals surface area contributed by atoms with Gasteiger partial charge in [0.1, 0.15) is 17.5 Å². The molecule has 0 saturated heterocycles. The Morgan fingerprint density at radius 1 is 1.38 bits per heavy atom. The van der Waals surface area contributed by atoms with Crippen LogP contribution in [-0.4, -0.2) is 28.5 Å². The number of nitriles is 1. The minimum atomic E-state index is 0.274.